The molecular weight excluding hydrogens is 321 g/mol. The molecule has 26 heavy (non-hydrogen) atoms. The van der Waals surface area contributed by atoms with E-state index >= 15 is 0 Å². The van der Waals surface area contributed by atoms with Crippen LogP contribution in [0.1, 0.15) is 29.5 Å². The zero-order valence-corrected chi connectivity index (χ0v) is 14.9. The summed E-state index contributed by atoms with van der Waals surface area (Å²) < 4.78 is 12.9. The van der Waals surface area contributed by atoms with Gasteiger partial charge >= 0.3 is 0 Å². The van der Waals surface area contributed by atoms with Crippen LogP contribution in [0.25, 0.3) is 5.57 Å². The molecule has 0 unspecified atom stereocenters. The van der Waals surface area contributed by atoms with Crippen molar-refractivity contribution < 1.29 is 4.39 Å². The Balaban J connectivity index is 1.55. The largest absolute Gasteiger partial charge is 0.313 e. The van der Waals surface area contributed by atoms with Gasteiger partial charge in [-0.1, -0.05) is 78.9 Å². The van der Waals surface area contributed by atoms with Gasteiger partial charge in [0.05, 0.1) is 0 Å². The van der Waals surface area contributed by atoms with Crippen LogP contribution in [0.3, 0.4) is 0 Å². The molecule has 3 aromatic rings. The fourth-order valence-corrected chi connectivity index (χ4v) is 2.95. The summed E-state index contributed by atoms with van der Waals surface area (Å²) in [6.45, 7) is 1.71. The zero-order valence-electron chi connectivity index (χ0n) is 14.9. The number of hydrogen-bond donors (Lipinski definition) is 1. The lowest BCUT2D eigenvalue weighted by atomic mass is 9.96. The van der Waals surface area contributed by atoms with E-state index in [-0.39, 0.29) is 5.82 Å². The first kappa shape index (κ1) is 18.1. The lowest BCUT2D eigenvalue weighted by Gasteiger charge is -2.09. The van der Waals surface area contributed by atoms with Gasteiger partial charge in [-0.25, -0.2) is 4.39 Å². The van der Waals surface area contributed by atoms with Crippen LogP contribution in [0.15, 0.2) is 91.0 Å². The van der Waals surface area contributed by atoms with Gasteiger partial charge in [0, 0.05) is 6.54 Å². The number of benzene rings is 3. The van der Waals surface area contributed by atoms with Gasteiger partial charge in [0.15, 0.2) is 0 Å². The van der Waals surface area contributed by atoms with E-state index in [1.54, 1.807) is 0 Å². The molecule has 0 aliphatic rings. The smallest absolute Gasteiger partial charge is 0.123 e. The molecule has 3 aromatic carbocycles. The van der Waals surface area contributed by atoms with Gasteiger partial charge in [-0.15, -0.1) is 0 Å². The molecule has 2 heteroatoms. The first-order valence-corrected chi connectivity index (χ1v) is 9.09. The maximum Gasteiger partial charge on any atom is 0.123 e. The van der Waals surface area contributed by atoms with Gasteiger partial charge in [0.1, 0.15) is 5.82 Å². The Morgan fingerprint density at radius 2 is 1.35 bits per heavy atom. The Morgan fingerprint density at radius 1 is 0.769 bits per heavy atom. The van der Waals surface area contributed by atoms with E-state index in [9.17, 15) is 4.39 Å². The maximum atomic E-state index is 12.9. The monoisotopic (exact) mass is 345 g/mol. The zero-order chi connectivity index (χ0) is 18.0. The van der Waals surface area contributed by atoms with Gasteiger partial charge in [-0.3, -0.25) is 0 Å². The summed E-state index contributed by atoms with van der Waals surface area (Å²) in [7, 11) is 0. The van der Waals surface area contributed by atoms with Crippen LogP contribution in [0.5, 0.6) is 0 Å². The highest BCUT2D eigenvalue weighted by Gasteiger charge is 2.03. The van der Waals surface area contributed by atoms with Gasteiger partial charge < -0.3 is 5.32 Å². The van der Waals surface area contributed by atoms with Crippen molar-refractivity contribution in [3.8, 4) is 0 Å². The Morgan fingerprint density at radius 3 is 1.92 bits per heavy atom. The standard InChI is InChI=1S/C24H24FN/c25-23-16-14-20(15-17-23)19-26-18-8-7-13-24(21-9-3-1-4-10-21)22-11-5-2-6-12-22/h1-6,9-17,26H,7-8,18-19H2. The van der Waals surface area contributed by atoms with Crippen LogP contribution in [-0.2, 0) is 6.54 Å². The number of nitrogens with one attached hydrogen (secondary N) is 1. The second-order valence-corrected chi connectivity index (χ2v) is 6.30. The summed E-state index contributed by atoms with van der Waals surface area (Å²) >= 11 is 0. The minimum atomic E-state index is -0.187. The van der Waals surface area contributed by atoms with E-state index in [0.717, 1.165) is 31.5 Å². The van der Waals surface area contributed by atoms with Gasteiger partial charge in [0.25, 0.3) is 0 Å². The second-order valence-electron chi connectivity index (χ2n) is 6.30. The fraction of sp³-hybridized carbons (Fsp3) is 0.167. The van der Waals surface area contributed by atoms with Gasteiger partial charge in [-0.05, 0) is 53.8 Å². The van der Waals surface area contributed by atoms with Gasteiger partial charge in [-0.2, -0.15) is 0 Å². The van der Waals surface area contributed by atoms with Gasteiger partial charge in [0.2, 0.25) is 0 Å². The third-order valence-electron chi connectivity index (χ3n) is 4.32. The summed E-state index contributed by atoms with van der Waals surface area (Å²) in [4.78, 5) is 0. The van der Waals surface area contributed by atoms with E-state index in [0.29, 0.717) is 0 Å². The molecule has 0 fully saturated rings. The number of halogens is 1. The maximum absolute atomic E-state index is 12.9. The van der Waals surface area contributed by atoms with Crippen molar-refractivity contribution in [2.45, 2.75) is 19.4 Å². The average Bonchev–Trinajstić information content (AvgIpc) is 2.70. The summed E-state index contributed by atoms with van der Waals surface area (Å²) in [6, 6.07) is 27.7. The van der Waals surface area contributed by atoms with E-state index in [2.05, 4.69) is 59.9 Å². The highest BCUT2D eigenvalue weighted by molar-refractivity contribution is 5.79. The summed E-state index contributed by atoms with van der Waals surface area (Å²) in [5, 5.41) is 3.42. The minimum absolute atomic E-state index is 0.187. The summed E-state index contributed by atoms with van der Waals surface area (Å²) in [5.41, 5.74) is 4.89. The molecule has 0 heterocycles. The molecule has 0 spiro atoms. The Kier molecular flexibility index (Phi) is 6.74. The predicted octanol–water partition coefficient (Wildman–Crippen LogP) is 5.83. The molecule has 0 saturated carbocycles. The van der Waals surface area contributed by atoms with Crippen LogP contribution >= 0.6 is 0 Å². The molecule has 132 valence electrons. The van der Waals surface area contributed by atoms with Crippen molar-refractivity contribution in [3.63, 3.8) is 0 Å². The average molecular weight is 345 g/mol. The second kappa shape index (κ2) is 9.69. The van der Waals surface area contributed by atoms with Crippen LogP contribution in [0, 0.1) is 5.82 Å². The van der Waals surface area contributed by atoms with Crippen molar-refractivity contribution in [1.29, 1.82) is 0 Å². The van der Waals surface area contributed by atoms with E-state index in [1.807, 2.05) is 24.3 Å². The van der Waals surface area contributed by atoms with E-state index < -0.39 is 0 Å². The highest BCUT2D eigenvalue weighted by atomic mass is 19.1. The Hall–Kier alpha value is -2.71. The number of unbranched alkanes of at least 4 members (excludes halogenated alkanes) is 1. The van der Waals surface area contributed by atoms with Crippen LogP contribution in [-0.4, -0.2) is 6.54 Å². The number of hydrogen-bond acceptors (Lipinski definition) is 1. The number of allylic oxidation sites excluding steroid dienone is 1. The predicted molar refractivity (Wildman–Crippen MR) is 107 cm³/mol. The van der Waals surface area contributed by atoms with Crippen LogP contribution in [0.4, 0.5) is 4.39 Å². The molecule has 1 nitrogen and oxygen atoms in total. The lowest BCUT2D eigenvalue weighted by Crippen LogP contribution is -2.14. The highest BCUT2D eigenvalue weighted by Crippen LogP contribution is 2.23. The van der Waals surface area contributed by atoms with Crippen molar-refractivity contribution in [1.82, 2.24) is 5.32 Å². The topological polar surface area (TPSA) is 12.0 Å². The normalized spacial score (nSPS) is 10.5. The molecule has 0 aromatic heterocycles. The first-order chi connectivity index (χ1) is 12.8. The Labute approximate surface area is 155 Å². The van der Waals surface area contributed by atoms with Crippen molar-refractivity contribution >= 4 is 5.57 Å². The van der Waals surface area contributed by atoms with Crippen molar-refractivity contribution in [2.24, 2.45) is 0 Å². The lowest BCUT2D eigenvalue weighted by molar-refractivity contribution is 0.623. The molecule has 0 bridgehead atoms. The molecular formula is C24H24FN. The summed E-state index contributed by atoms with van der Waals surface area (Å²) in [6.07, 6.45) is 4.39. The van der Waals surface area contributed by atoms with Crippen LogP contribution in [0.2, 0.25) is 0 Å². The minimum Gasteiger partial charge on any atom is -0.313 e. The molecule has 0 atom stereocenters. The molecule has 0 saturated heterocycles. The van der Waals surface area contributed by atoms with E-state index in [4.69, 9.17) is 0 Å². The quantitative estimate of drug-likeness (QED) is 0.507. The van der Waals surface area contributed by atoms with Crippen LogP contribution < -0.4 is 5.32 Å². The third kappa shape index (κ3) is 5.40. The van der Waals surface area contributed by atoms with E-state index in [1.165, 1.54) is 28.8 Å². The molecule has 1 N–H and O–H groups in total. The Bertz CT molecular complexity index is 766. The molecule has 0 aliphatic heterocycles. The first-order valence-electron chi connectivity index (χ1n) is 9.09. The third-order valence-corrected chi connectivity index (χ3v) is 4.32. The summed E-state index contributed by atoms with van der Waals surface area (Å²) in [5.74, 6) is -0.187. The van der Waals surface area contributed by atoms with Crippen molar-refractivity contribution in [3.05, 3.63) is 114 Å². The van der Waals surface area contributed by atoms with Crippen molar-refractivity contribution in [2.75, 3.05) is 6.54 Å². The number of rotatable bonds is 8. The molecule has 0 amide bonds. The molecule has 0 aliphatic carbocycles. The molecule has 0 radical (unpaired) electrons. The SMILES string of the molecule is Fc1ccc(CNCCCC=C(c2ccccc2)c2ccccc2)cc1. The molecule has 3 rings (SSSR count). The fourth-order valence-electron chi connectivity index (χ4n) is 2.95.